The minimum atomic E-state index is -0.0608. The Hall–Kier alpha value is -2.53. The van der Waals surface area contributed by atoms with Gasteiger partial charge >= 0.3 is 6.03 Å². The number of hydrogen-bond donors (Lipinski definition) is 1. The summed E-state index contributed by atoms with van der Waals surface area (Å²) in [5, 5.41) is 5.87. The molecular weight excluding hydrogens is 318 g/mol. The smallest absolute Gasteiger partial charge is 0.323 e. The standard InChI is InChI=1S/C19H19N3OS/c1-14-6-8-15(9-7-14)18-16-4-2-10-21(16)11-12-22(18)19(23)20-17-5-3-13-24-17/h2-10,13,18H,11-12H2,1H3,(H,20,23)/t18-/m0/s1. The van der Waals surface area contributed by atoms with Crippen LogP contribution in [0.5, 0.6) is 0 Å². The number of fused-ring (bicyclic) bond motifs is 1. The molecule has 1 aliphatic rings. The van der Waals surface area contributed by atoms with Crippen LogP contribution in [0.3, 0.4) is 0 Å². The van der Waals surface area contributed by atoms with Crippen molar-refractivity contribution >= 4 is 22.4 Å². The summed E-state index contributed by atoms with van der Waals surface area (Å²) in [6.07, 6.45) is 2.09. The fraction of sp³-hybridized carbons (Fsp3) is 0.211. The molecule has 1 N–H and O–H groups in total. The molecule has 0 unspecified atom stereocenters. The Morgan fingerprint density at radius 2 is 1.96 bits per heavy atom. The summed E-state index contributed by atoms with van der Waals surface area (Å²) in [5.41, 5.74) is 3.52. The zero-order valence-corrected chi connectivity index (χ0v) is 14.3. The van der Waals surface area contributed by atoms with Gasteiger partial charge in [-0.15, -0.1) is 11.3 Å². The number of carbonyl (C=O) groups is 1. The molecule has 3 aromatic rings. The SMILES string of the molecule is Cc1ccc([C@H]2c3cccn3CCN2C(=O)Nc2cccs2)cc1. The Labute approximate surface area is 145 Å². The molecule has 0 bridgehead atoms. The molecule has 1 aliphatic heterocycles. The Morgan fingerprint density at radius 3 is 2.71 bits per heavy atom. The Balaban J connectivity index is 1.69. The van der Waals surface area contributed by atoms with Crippen molar-refractivity contribution in [2.45, 2.75) is 19.5 Å². The fourth-order valence-electron chi connectivity index (χ4n) is 3.23. The van der Waals surface area contributed by atoms with E-state index < -0.39 is 0 Å². The molecule has 0 saturated heterocycles. The third kappa shape index (κ3) is 2.71. The highest BCUT2D eigenvalue weighted by molar-refractivity contribution is 7.14. The van der Waals surface area contributed by atoms with Crippen LogP contribution in [0.15, 0.2) is 60.1 Å². The average molecular weight is 337 g/mol. The van der Waals surface area contributed by atoms with E-state index in [4.69, 9.17) is 0 Å². The molecule has 1 atom stereocenters. The molecule has 5 heteroatoms. The van der Waals surface area contributed by atoms with Crippen LogP contribution in [-0.2, 0) is 6.54 Å². The number of carbonyl (C=O) groups excluding carboxylic acids is 1. The van der Waals surface area contributed by atoms with Crippen LogP contribution in [0.25, 0.3) is 0 Å². The van der Waals surface area contributed by atoms with Crippen LogP contribution in [0.2, 0.25) is 0 Å². The highest BCUT2D eigenvalue weighted by atomic mass is 32.1. The van der Waals surface area contributed by atoms with E-state index in [1.54, 1.807) is 0 Å². The van der Waals surface area contributed by atoms with Crippen LogP contribution in [-0.4, -0.2) is 22.0 Å². The molecule has 4 rings (SSSR count). The van der Waals surface area contributed by atoms with Gasteiger partial charge in [0.15, 0.2) is 0 Å². The number of thiophene rings is 1. The molecule has 122 valence electrons. The fourth-order valence-corrected chi connectivity index (χ4v) is 3.84. The number of benzene rings is 1. The summed E-state index contributed by atoms with van der Waals surface area (Å²) < 4.78 is 2.24. The quantitative estimate of drug-likeness (QED) is 0.735. The number of amides is 2. The first-order valence-electron chi connectivity index (χ1n) is 8.05. The predicted molar refractivity (Wildman–Crippen MR) is 97.5 cm³/mol. The molecule has 0 spiro atoms. The monoisotopic (exact) mass is 337 g/mol. The third-order valence-electron chi connectivity index (χ3n) is 4.44. The normalized spacial score (nSPS) is 16.7. The lowest BCUT2D eigenvalue weighted by molar-refractivity contribution is 0.182. The highest BCUT2D eigenvalue weighted by Gasteiger charge is 2.32. The van der Waals surface area contributed by atoms with Crippen molar-refractivity contribution in [2.75, 3.05) is 11.9 Å². The maximum atomic E-state index is 12.9. The molecular formula is C19H19N3OS. The molecule has 4 nitrogen and oxygen atoms in total. The number of aromatic nitrogens is 1. The molecule has 3 heterocycles. The second kappa shape index (κ2) is 6.17. The van der Waals surface area contributed by atoms with Crippen molar-refractivity contribution in [3.63, 3.8) is 0 Å². The van der Waals surface area contributed by atoms with Crippen molar-refractivity contribution in [3.05, 3.63) is 76.9 Å². The largest absolute Gasteiger partial charge is 0.348 e. The van der Waals surface area contributed by atoms with Crippen LogP contribution >= 0.6 is 11.3 Å². The van der Waals surface area contributed by atoms with E-state index in [2.05, 4.69) is 59.4 Å². The molecule has 24 heavy (non-hydrogen) atoms. The Bertz CT molecular complexity index is 836. The van der Waals surface area contributed by atoms with Crippen LogP contribution < -0.4 is 5.32 Å². The maximum absolute atomic E-state index is 12.9. The molecule has 1 aromatic carbocycles. The lowest BCUT2D eigenvalue weighted by Crippen LogP contribution is -2.44. The van der Waals surface area contributed by atoms with Crippen molar-refractivity contribution in [3.8, 4) is 0 Å². The van der Waals surface area contributed by atoms with Gasteiger partial charge in [-0.1, -0.05) is 29.8 Å². The van der Waals surface area contributed by atoms with Gasteiger partial charge in [0.2, 0.25) is 0 Å². The van der Waals surface area contributed by atoms with Crippen LogP contribution in [0.4, 0.5) is 9.80 Å². The van der Waals surface area contributed by atoms with Gasteiger partial charge in [0, 0.05) is 25.0 Å². The van der Waals surface area contributed by atoms with E-state index in [1.165, 1.54) is 16.9 Å². The summed E-state index contributed by atoms with van der Waals surface area (Å²) in [5.74, 6) is 0. The second-order valence-corrected chi connectivity index (χ2v) is 6.99. The number of nitrogens with one attached hydrogen (secondary N) is 1. The van der Waals surface area contributed by atoms with Gasteiger partial charge in [0.05, 0.1) is 11.0 Å². The van der Waals surface area contributed by atoms with Gasteiger partial charge in [-0.05, 0) is 42.1 Å². The van der Waals surface area contributed by atoms with Crippen LogP contribution in [0, 0.1) is 6.92 Å². The van der Waals surface area contributed by atoms with E-state index in [9.17, 15) is 4.79 Å². The van der Waals surface area contributed by atoms with Gasteiger partial charge < -0.3 is 9.47 Å². The molecule has 2 aromatic heterocycles. The van der Waals surface area contributed by atoms with E-state index in [0.29, 0.717) is 6.54 Å². The first kappa shape index (κ1) is 15.0. The maximum Gasteiger partial charge on any atom is 0.323 e. The molecule has 0 radical (unpaired) electrons. The Kier molecular flexibility index (Phi) is 3.86. The van der Waals surface area contributed by atoms with E-state index in [1.807, 2.05) is 22.4 Å². The number of hydrogen-bond acceptors (Lipinski definition) is 2. The topological polar surface area (TPSA) is 37.3 Å². The van der Waals surface area contributed by atoms with Gasteiger partial charge in [0.25, 0.3) is 0 Å². The van der Waals surface area contributed by atoms with Gasteiger partial charge in [-0.3, -0.25) is 5.32 Å². The van der Waals surface area contributed by atoms with E-state index >= 15 is 0 Å². The second-order valence-electron chi connectivity index (χ2n) is 6.04. The van der Waals surface area contributed by atoms with Crippen molar-refractivity contribution in [2.24, 2.45) is 0 Å². The Morgan fingerprint density at radius 1 is 1.12 bits per heavy atom. The predicted octanol–water partition coefficient (Wildman–Crippen LogP) is 4.50. The van der Waals surface area contributed by atoms with Gasteiger partial charge in [-0.25, -0.2) is 4.79 Å². The van der Waals surface area contributed by atoms with Crippen molar-refractivity contribution in [1.82, 2.24) is 9.47 Å². The van der Waals surface area contributed by atoms with Gasteiger partial charge in [0.1, 0.15) is 0 Å². The molecule has 0 fully saturated rings. The number of rotatable bonds is 2. The zero-order valence-electron chi connectivity index (χ0n) is 13.5. The summed E-state index contributed by atoms with van der Waals surface area (Å²) in [6.45, 7) is 3.59. The summed E-state index contributed by atoms with van der Waals surface area (Å²) in [4.78, 5) is 14.8. The first-order chi connectivity index (χ1) is 11.7. The number of anilines is 1. The molecule has 2 amide bonds. The minimum Gasteiger partial charge on any atom is -0.348 e. The van der Waals surface area contributed by atoms with Crippen molar-refractivity contribution in [1.29, 1.82) is 0 Å². The number of urea groups is 1. The average Bonchev–Trinajstić information content (AvgIpc) is 3.25. The molecule has 0 saturated carbocycles. The lowest BCUT2D eigenvalue weighted by atomic mass is 9.99. The summed E-state index contributed by atoms with van der Waals surface area (Å²) in [6, 6.07) is 16.4. The van der Waals surface area contributed by atoms with Gasteiger partial charge in [-0.2, -0.15) is 0 Å². The summed E-state index contributed by atoms with van der Waals surface area (Å²) >= 11 is 1.54. The highest BCUT2D eigenvalue weighted by Crippen LogP contribution is 2.33. The summed E-state index contributed by atoms with van der Waals surface area (Å²) in [7, 11) is 0. The van der Waals surface area contributed by atoms with E-state index in [0.717, 1.165) is 22.8 Å². The molecule has 0 aliphatic carbocycles. The number of nitrogens with zero attached hydrogens (tertiary/aromatic N) is 2. The van der Waals surface area contributed by atoms with Crippen LogP contribution in [0.1, 0.15) is 22.9 Å². The van der Waals surface area contributed by atoms with E-state index in [-0.39, 0.29) is 12.1 Å². The number of aryl methyl sites for hydroxylation is 1. The minimum absolute atomic E-state index is 0.0459. The zero-order chi connectivity index (χ0) is 16.5. The van der Waals surface area contributed by atoms with Crippen molar-refractivity contribution < 1.29 is 4.79 Å². The first-order valence-corrected chi connectivity index (χ1v) is 8.93. The third-order valence-corrected chi connectivity index (χ3v) is 5.23. The lowest BCUT2D eigenvalue weighted by Gasteiger charge is -2.37.